The van der Waals surface area contributed by atoms with Crippen molar-refractivity contribution in [2.24, 2.45) is 0 Å². The molecule has 0 saturated carbocycles. The summed E-state index contributed by atoms with van der Waals surface area (Å²) < 4.78 is 5.67. The number of rotatable bonds is 4. The van der Waals surface area contributed by atoms with Crippen molar-refractivity contribution in [3.8, 4) is 0 Å². The summed E-state index contributed by atoms with van der Waals surface area (Å²) >= 11 is 6.57. The number of halogens is 1. The van der Waals surface area contributed by atoms with Crippen LogP contribution < -0.4 is 5.32 Å². The number of hydrogen-bond donors (Lipinski definition) is 2. The van der Waals surface area contributed by atoms with Gasteiger partial charge in [0.2, 0.25) is 0 Å². The first kappa shape index (κ1) is 20.3. The van der Waals surface area contributed by atoms with Gasteiger partial charge in [-0.1, -0.05) is 23.7 Å². The van der Waals surface area contributed by atoms with E-state index in [0.717, 1.165) is 23.9 Å². The van der Waals surface area contributed by atoms with E-state index in [0.29, 0.717) is 46.3 Å². The summed E-state index contributed by atoms with van der Waals surface area (Å²) in [7, 11) is 0. The molecular formula is C23H22ClN7O2. The second kappa shape index (κ2) is 7.93. The van der Waals surface area contributed by atoms with Gasteiger partial charge in [-0.3, -0.25) is 4.79 Å². The average Bonchev–Trinajstić information content (AvgIpc) is 3.40. The Kier molecular flexibility index (Phi) is 4.88. The highest BCUT2D eigenvalue weighted by atomic mass is 35.5. The minimum atomic E-state index is -0.240. The van der Waals surface area contributed by atoms with Gasteiger partial charge in [0.1, 0.15) is 17.5 Å². The highest BCUT2D eigenvalue weighted by Gasteiger charge is 2.41. The molecular weight excluding hydrogens is 442 g/mol. The van der Waals surface area contributed by atoms with Crippen LogP contribution in [0.3, 0.4) is 0 Å². The number of carbonyl (C=O) groups is 1. The minimum absolute atomic E-state index is 0.0868. The SMILES string of the molecule is C[C@H](Nc1ncnc2[nH]cnc12)c1cc2cccc(Cl)c2c(C(=O)N2C3CCC2COC3)n1. The van der Waals surface area contributed by atoms with Crippen molar-refractivity contribution in [3.63, 3.8) is 0 Å². The largest absolute Gasteiger partial charge is 0.377 e. The number of aromatic nitrogens is 5. The fourth-order valence-electron chi connectivity index (χ4n) is 4.90. The Morgan fingerprint density at radius 1 is 1.24 bits per heavy atom. The molecule has 2 unspecified atom stereocenters. The van der Waals surface area contributed by atoms with Crippen LogP contribution in [0.15, 0.2) is 36.9 Å². The molecule has 10 heteroatoms. The van der Waals surface area contributed by atoms with E-state index < -0.39 is 0 Å². The van der Waals surface area contributed by atoms with Gasteiger partial charge in [-0.05, 0) is 37.3 Å². The molecule has 2 bridgehead atoms. The number of H-pyrrole nitrogens is 1. The summed E-state index contributed by atoms with van der Waals surface area (Å²) in [5, 5.41) is 5.44. The summed E-state index contributed by atoms with van der Waals surface area (Å²) in [6, 6.07) is 7.54. The molecule has 0 aliphatic carbocycles. The van der Waals surface area contributed by atoms with Crippen LogP contribution in [0.25, 0.3) is 21.9 Å². The molecule has 9 nitrogen and oxygen atoms in total. The van der Waals surface area contributed by atoms with E-state index >= 15 is 0 Å². The summed E-state index contributed by atoms with van der Waals surface area (Å²) in [6.45, 7) is 3.11. The molecule has 1 amide bonds. The normalized spacial score (nSPS) is 21.0. The topological polar surface area (TPSA) is 109 Å². The lowest BCUT2D eigenvalue weighted by Gasteiger charge is -2.34. The molecule has 2 aliphatic heterocycles. The summed E-state index contributed by atoms with van der Waals surface area (Å²) in [5.74, 6) is 0.510. The van der Waals surface area contributed by atoms with E-state index in [4.69, 9.17) is 21.3 Å². The second-order valence-electron chi connectivity index (χ2n) is 8.56. The maximum absolute atomic E-state index is 13.8. The molecule has 4 aromatic rings. The lowest BCUT2D eigenvalue weighted by atomic mass is 10.0. The number of morpholine rings is 1. The number of anilines is 1. The predicted octanol–water partition coefficient (Wildman–Crippen LogP) is 3.73. The first-order chi connectivity index (χ1) is 16.1. The lowest BCUT2D eigenvalue weighted by molar-refractivity contribution is -0.00736. The van der Waals surface area contributed by atoms with Crippen molar-refractivity contribution in [2.45, 2.75) is 37.9 Å². The van der Waals surface area contributed by atoms with Crippen molar-refractivity contribution >= 4 is 45.3 Å². The molecule has 33 heavy (non-hydrogen) atoms. The zero-order valence-corrected chi connectivity index (χ0v) is 18.7. The second-order valence-corrected chi connectivity index (χ2v) is 8.96. The number of aromatic amines is 1. The number of nitrogens with one attached hydrogen (secondary N) is 2. The van der Waals surface area contributed by atoms with E-state index in [1.165, 1.54) is 6.33 Å². The van der Waals surface area contributed by atoms with Crippen molar-refractivity contribution in [3.05, 3.63) is 53.3 Å². The highest BCUT2D eigenvalue weighted by Crippen LogP contribution is 2.34. The Bertz CT molecular complexity index is 1360. The van der Waals surface area contributed by atoms with Crippen LogP contribution in [0.5, 0.6) is 0 Å². The van der Waals surface area contributed by atoms with Crippen LogP contribution in [-0.4, -0.2) is 61.0 Å². The zero-order valence-electron chi connectivity index (χ0n) is 18.0. The monoisotopic (exact) mass is 463 g/mol. The van der Waals surface area contributed by atoms with Gasteiger partial charge in [-0.2, -0.15) is 0 Å². The van der Waals surface area contributed by atoms with Gasteiger partial charge in [0.05, 0.1) is 48.4 Å². The van der Waals surface area contributed by atoms with Gasteiger partial charge in [0, 0.05) is 5.39 Å². The average molecular weight is 464 g/mol. The smallest absolute Gasteiger partial charge is 0.273 e. The fraction of sp³-hybridized carbons (Fsp3) is 0.348. The summed E-state index contributed by atoms with van der Waals surface area (Å²) in [5.41, 5.74) is 2.40. The van der Waals surface area contributed by atoms with E-state index in [1.807, 2.05) is 30.0 Å². The molecule has 168 valence electrons. The van der Waals surface area contributed by atoms with Crippen LogP contribution >= 0.6 is 11.6 Å². The lowest BCUT2D eigenvalue weighted by Crippen LogP contribution is -2.49. The number of fused-ring (bicyclic) bond motifs is 4. The van der Waals surface area contributed by atoms with Crippen molar-refractivity contribution < 1.29 is 9.53 Å². The Balaban J connectivity index is 1.42. The molecule has 2 saturated heterocycles. The Morgan fingerprint density at radius 2 is 2.06 bits per heavy atom. The summed E-state index contributed by atoms with van der Waals surface area (Å²) in [4.78, 5) is 36.4. The predicted molar refractivity (Wildman–Crippen MR) is 124 cm³/mol. The van der Waals surface area contributed by atoms with Crippen LogP contribution in [0.1, 0.15) is 42.0 Å². The van der Waals surface area contributed by atoms with Crippen molar-refractivity contribution in [1.29, 1.82) is 0 Å². The standard InChI is InChI=1S/C23H22ClN7O2/c1-12(29-22-20-21(26-10-25-20)27-11-28-22)17-7-13-3-2-4-16(24)18(13)19(30-17)23(32)31-14-5-6-15(31)9-33-8-14/h2-4,7,10-12,14-15H,5-6,8-9H2,1H3,(H2,25,26,27,28,29)/t12-,14?,15?/m0/s1. The molecule has 6 rings (SSSR count). The number of imidazole rings is 1. The highest BCUT2D eigenvalue weighted by molar-refractivity contribution is 6.36. The van der Waals surface area contributed by atoms with Gasteiger partial charge in [-0.25, -0.2) is 19.9 Å². The zero-order chi connectivity index (χ0) is 22.5. The number of ether oxygens (including phenoxy) is 1. The van der Waals surface area contributed by atoms with Gasteiger partial charge >= 0.3 is 0 Å². The van der Waals surface area contributed by atoms with Crippen LogP contribution in [0.4, 0.5) is 5.82 Å². The first-order valence-electron chi connectivity index (χ1n) is 11.0. The summed E-state index contributed by atoms with van der Waals surface area (Å²) in [6.07, 6.45) is 4.96. The Labute approximate surface area is 194 Å². The van der Waals surface area contributed by atoms with Crippen molar-refractivity contribution in [1.82, 2.24) is 29.8 Å². The molecule has 3 atom stereocenters. The Morgan fingerprint density at radius 3 is 2.88 bits per heavy atom. The van der Waals surface area contributed by atoms with Gasteiger partial charge in [-0.15, -0.1) is 0 Å². The Hall–Kier alpha value is -3.30. The van der Waals surface area contributed by atoms with Crippen LogP contribution in [0.2, 0.25) is 5.02 Å². The molecule has 0 spiro atoms. The molecule has 1 aromatic carbocycles. The first-order valence-corrected chi connectivity index (χ1v) is 11.4. The van der Waals surface area contributed by atoms with E-state index in [9.17, 15) is 4.79 Å². The van der Waals surface area contributed by atoms with E-state index in [1.54, 1.807) is 12.4 Å². The maximum Gasteiger partial charge on any atom is 0.273 e. The third kappa shape index (κ3) is 3.39. The van der Waals surface area contributed by atoms with Gasteiger partial charge in [0.25, 0.3) is 5.91 Å². The molecule has 2 N–H and O–H groups in total. The third-order valence-corrected chi connectivity index (χ3v) is 6.83. The molecule has 3 aromatic heterocycles. The third-order valence-electron chi connectivity index (χ3n) is 6.52. The quantitative estimate of drug-likeness (QED) is 0.474. The number of pyridine rings is 1. The molecule has 0 radical (unpaired) electrons. The molecule has 5 heterocycles. The minimum Gasteiger partial charge on any atom is -0.377 e. The molecule has 2 aliphatic rings. The number of hydrogen-bond acceptors (Lipinski definition) is 7. The number of amides is 1. The van der Waals surface area contributed by atoms with Crippen LogP contribution in [0, 0.1) is 0 Å². The fourth-order valence-corrected chi connectivity index (χ4v) is 5.17. The van der Waals surface area contributed by atoms with E-state index in [2.05, 4.69) is 25.3 Å². The van der Waals surface area contributed by atoms with E-state index in [-0.39, 0.29) is 24.0 Å². The number of benzene rings is 1. The van der Waals surface area contributed by atoms with Gasteiger partial charge < -0.3 is 19.9 Å². The number of nitrogens with zero attached hydrogens (tertiary/aromatic N) is 5. The van der Waals surface area contributed by atoms with Crippen LogP contribution in [-0.2, 0) is 4.74 Å². The maximum atomic E-state index is 13.8. The van der Waals surface area contributed by atoms with Crippen molar-refractivity contribution in [2.75, 3.05) is 18.5 Å². The number of carbonyl (C=O) groups excluding carboxylic acids is 1. The molecule has 2 fully saturated rings. The van der Waals surface area contributed by atoms with Gasteiger partial charge in [0.15, 0.2) is 11.5 Å².